The number of hydrogen-bond acceptors (Lipinski definition) is 3. The van der Waals surface area contributed by atoms with Gasteiger partial charge in [0.2, 0.25) is 0 Å². The molecule has 3 nitrogen and oxygen atoms in total. The highest BCUT2D eigenvalue weighted by molar-refractivity contribution is 5.35. The summed E-state index contributed by atoms with van der Waals surface area (Å²) in [6.45, 7) is 7.88. The number of methoxy groups -OCH3 is 1. The first-order valence-corrected chi connectivity index (χ1v) is 6.58. The van der Waals surface area contributed by atoms with Gasteiger partial charge in [-0.1, -0.05) is 12.1 Å². The second kappa shape index (κ2) is 7.46. The lowest BCUT2D eigenvalue weighted by molar-refractivity contribution is 0.170. The van der Waals surface area contributed by atoms with Crippen molar-refractivity contribution in [2.75, 3.05) is 20.3 Å². The molecular weight excluding hydrogens is 245 g/mol. The summed E-state index contributed by atoms with van der Waals surface area (Å²) in [5.41, 5.74) is 0.826. The quantitative estimate of drug-likeness (QED) is 0.771. The Bertz CT molecular complexity index is 388. The Hall–Kier alpha value is -1.13. The number of hydrogen-bond donors (Lipinski definition) is 1. The van der Waals surface area contributed by atoms with Crippen molar-refractivity contribution >= 4 is 0 Å². The molecular formula is C15H24FNO2. The van der Waals surface area contributed by atoms with Gasteiger partial charge < -0.3 is 14.8 Å². The second-order valence-electron chi connectivity index (χ2n) is 5.53. The van der Waals surface area contributed by atoms with Crippen molar-refractivity contribution in [2.45, 2.75) is 39.3 Å². The van der Waals surface area contributed by atoms with Crippen LogP contribution in [-0.4, -0.2) is 25.9 Å². The second-order valence-corrected chi connectivity index (χ2v) is 5.53. The molecule has 108 valence electrons. The Labute approximate surface area is 115 Å². The monoisotopic (exact) mass is 269 g/mol. The summed E-state index contributed by atoms with van der Waals surface area (Å²) in [5.74, 6) is 0.0287. The van der Waals surface area contributed by atoms with Crippen LogP contribution in [0.15, 0.2) is 18.2 Å². The highest BCUT2D eigenvalue weighted by atomic mass is 19.1. The van der Waals surface area contributed by atoms with Crippen molar-refractivity contribution in [3.8, 4) is 5.75 Å². The van der Waals surface area contributed by atoms with E-state index in [1.165, 1.54) is 6.07 Å². The summed E-state index contributed by atoms with van der Waals surface area (Å²) in [4.78, 5) is 0. The summed E-state index contributed by atoms with van der Waals surface area (Å²) < 4.78 is 24.3. The molecule has 0 fully saturated rings. The summed E-state index contributed by atoms with van der Waals surface area (Å²) in [6.07, 6.45) is 0.747. The topological polar surface area (TPSA) is 30.5 Å². The van der Waals surface area contributed by atoms with E-state index in [0.717, 1.165) is 12.0 Å². The predicted molar refractivity (Wildman–Crippen MR) is 75.0 cm³/mol. The van der Waals surface area contributed by atoms with Gasteiger partial charge in [0.15, 0.2) is 11.6 Å². The molecule has 4 heteroatoms. The van der Waals surface area contributed by atoms with Crippen molar-refractivity contribution in [1.82, 2.24) is 5.32 Å². The molecule has 0 saturated carbocycles. The van der Waals surface area contributed by atoms with E-state index in [4.69, 9.17) is 9.47 Å². The summed E-state index contributed by atoms with van der Waals surface area (Å²) >= 11 is 0. The van der Waals surface area contributed by atoms with E-state index in [1.54, 1.807) is 13.2 Å². The zero-order chi connectivity index (χ0) is 14.3. The molecule has 0 spiro atoms. The van der Waals surface area contributed by atoms with Gasteiger partial charge >= 0.3 is 0 Å². The van der Waals surface area contributed by atoms with E-state index in [9.17, 15) is 4.39 Å². The van der Waals surface area contributed by atoms with Crippen molar-refractivity contribution in [1.29, 1.82) is 0 Å². The van der Waals surface area contributed by atoms with Crippen LogP contribution in [0.1, 0.15) is 32.8 Å². The minimum absolute atomic E-state index is 0.0142. The molecule has 0 amide bonds. The molecule has 0 saturated heterocycles. The lowest BCUT2D eigenvalue weighted by atomic mass is 10.1. The Morgan fingerprint density at radius 3 is 2.58 bits per heavy atom. The molecule has 0 aliphatic rings. The van der Waals surface area contributed by atoms with Gasteiger partial charge in [0, 0.05) is 37.8 Å². The standard InChI is InChI=1S/C15H24FNO2/c1-15(2,3)17-11-12-7-5-8-13(16)14(12)19-10-6-9-18-4/h5,7-8,17H,6,9-11H2,1-4H3. The molecule has 0 aliphatic heterocycles. The normalized spacial score (nSPS) is 11.6. The molecule has 0 unspecified atom stereocenters. The Balaban J connectivity index is 2.66. The van der Waals surface area contributed by atoms with Crippen molar-refractivity contribution in [3.63, 3.8) is 0 Å². The molecule has 1 aromatic rings. The third-order valence-electron chi connectivity index (χ3n) is 2.60. The third-order valence-corrected chi connectivity index (χ3v) is 2.60. The van der Waals surface area contributed by atoms with E-state index >= 15 is 0 Å². The maximum Gasteiger partial charge on any atom is 0.165 e. The van der Waals surface area contributed by atoms with Crippen LogP contribution < -0.4 is 10.1 Å². The largest absolute Gasteiger partial charge is 0.490 e. The molecule has 0 radical (unpaired) electrons. The number of para-hydroxylation sites is 1. The van der Waals surface area contributed by atoms with Crippen LogP contribution in [0.2, 0.25) is 0 Å². The van der Waals surface area contributed by atoms with Gasteiger partial charge in [-0.25, -0.2) is 4.39 Å². The van der Waals surface area contributed by atoms with Crippen LogP contribution in [0, 0.1) is 5.82 Å². The van der Waals surface area contributed by atoms with Crippen molar-refractivity contribution in [2.24, 2.45) is 0 Å². The van der Waals surface area contributed by atoms with Crippen LogP contribution in [-0.2, 0) is 11.3 Å². The molecule has 0 aliphatic carbocycles. The number of benzene rings is 1. The zero-order valence-corrected chi connectivity index (χ0v) is 12.3. The minimum atomic E-state index is -0.314. The van der Waals surface area contributed by atoms with Crippen LogP contribution >= 0.6 is 0 Å². The minimum Gasteiger partial charge on any atom is -0.490 e. The van der Waals surface area contributed by atoms with Gasteiger partial charge in [-0.2, -0.15) is 0 Å². The first kappa shape index (κ1) is 15.9. The van der Waals surface area contributed by atoms with Gasteiger partial charge in [-0.15, -0.1) is 0 Å². The first-order chi connectivity index (χ1) is 8.94. The van der Waals surface area contributed by atoms with Gasteiger partial charge in [-0.05, 0) is 26.8 Å². The molecule has 0 aromatic heterocycles. The molecule has 1 rings (SSSR count). The van der Waals surface area contributed by atoms with Crippen LogP contribution in [0.3, 0.4) is 0 Å². The number of ether oxygens (including phenoxy) is 2. The highest BCUT2D eigenvalue weighted by Crippen LogP contribution is 2.23. The van der Waals surface area contributed by atoms with Gasteiger partial charge in [0.1, 0.15) is 0 Å². The van der Waals surface area contributed by atoms with E-state index in [1.807, 2.05) is 6.07 Å². The molecule has 0 heterocycles. The van der Waals surface area contributed by atoms with E-state index < -0.39 is 0 Å². The fraction of sp³-hybridized carbons (Fsp3) is 0.600. The number of rotatable bonds is 7. The van der Waals surface area contributed by atoms with Gasteiger partial charge in [-0.3, -0.25) is 0 Å². The average molecular weight is 269 g/mol. The Kier molecular flexibility index (Phi) is 6.25. The highest BCUT2D eigenvalue weighted by Gasteiger charge is 2.13. The summed E-state index contributed by atoms with van der Waals surface area (Å²) in [5, 5.41) is 3.34. The van der Waals surface area contributed by atoms with E-state index in [-0.39, 0.29) is 11.4 Å². The molecule has 0 atom stereocenters. The van der Waals surface area contributed by atoms with E-state index in [2.05, 4.69) is 26.1 Å². The summed E-state index contributed by atoms with van der Waals surface area (Å²) in [7, 11) is 1.64. The number of nitrogens with one attached hydrogen (secondary N) is 1. The van der Waals surface area contributed by atoms with Gasteiger partial charge in [0.25, 0.3) is 0 Å². The summed E-state index contributed by atoms with van der Waals surface area (Å²) in [6, 6.07) is 5.01. The van der Waals surface area contributed by atoms with Crippen molar-refractivity contribution in [3.05, 3.63) is 29.6 Å². The maximum atomic E-state index is 13.8. The third kappa shape index (κ3) is 6.03. The lowest BCUT2D eigenvalue weighted by Gasteiger charge is -2.21. The SMILES string of the molecule is COCCCOc1c(F)cccc1CNC(C)(C)C. The fourth-order valence-corrected chi connectivity index (χ4v) is 1.59. The maximum absolute atomic E-state index is 13.8. The molecule has 1 N–H and O–H groups in total. The zero-order valence-electron chi connectivity index (χ0n) is 12.3. The molecule has 19 heavy (non-hydrogen) atoms. The lowest BCUT2D eigenvalue weighted by Crippen LogP contribution is -2.35. The molecule has 0 bridgehead atoms. The fourth-order valence-electron chi connectivity index (χ4n) is 1.59. The Morgan fingerprint density at radius 2 is 1.95 bits per heavy atom. The van der Waals surface area contributed by atoms with E-state index in [0.29, 0.717) is 25.5 Å². The number of halogens is 1. The predicted octanol–water partition coefficient (Wildman–Crippen LogP) is 3.13. The van der Waals surface area contributed by atoms with Crippen LogP contribution in [0.25, 0.3) is 0 Å². The van der Waals surface area contributed by atoms with Crippen LogP contribution in [0.5, 0.6) is 5.75 Å². The van der Waals surface area contributed by atoms with Gasteiger partial charge in [0.05, 0.1) is 6.61 Å². The first-order valence-electron chi connectivity index (χ1n) is 6.58. The van der Waals surface area contributed by atoms with Crippen molar-refractivity contribution < 1.29 is 13.9 Å². The average Bonchev–Trinajstić information content (AvgIpc) is 2.33. The smallest absolute Gasteiger partial charge is 0.165 e. The van der Waals surface area contributed by atoms with Crippen LogP contribution in [0.4, 0.5) is 4.39 Å². The Morgan fingerprint density at radius 1 is 1.21 bits per heavy atom. The molecule has 1 aromatic carbocycles.